The molecule has 0 aliphatic carbocycles. The molecule has 0 heterocycles. The van der Waals surface area contributed by atoms with Gasteiger partial charge in [0.05, 0.1) is 0 Å². The number of methoxy groups -OCH3 is 6. The molecule has 232 valence electrons. The fourth-order valence-electron chi connectivity index (χ4n) is 1.00. The molecule has 0 aliphatic heterocycles. The molecule has 0 bridgehead atoms. The van der Waals surface area contributed by atoms with Crippen molar-refractivity contribution >= 4 is 48.9 Å². The smallest absolute Gasteiger partial charge is 0.831 e. The van der Waals surface area contributed by atoms with Crippen LogP contribution in [-0.4, -0.2) is 150 Å². The van der Waals surface area contributed by atoms with Gasteiger partial charge >= 0.3 is 48.9 Å². The second-order valence-corrected chi connectivity index (χ2v) is 6.54. The SMILES string of the molecule is CCC(O)OC.CCC(O)OC.CCC(O)OC.CCC(O)OC.CCC([O-])OC.CCC([O-])OC.[Ba+2].[Ti]. The third-order valence-electron chi connectivity index (χ3n) is 3.68. The van der Waals surface area contributed by atoms with E-state index in [-0.39, 0.29) is 70.6 Å². The molecule has 0 radical (unpaired) electrons. The third kappa shape index (κ3) is 76.9. The van der Waals surface area contributed by atoms with Crippen LogP contribution in [0, 0.1) is 0 Å². The summed E-state index contributed by atoms with van der Waals surface area (Å²) in [5, 5.41) is 53.9. The Labute approximate surface area is 287 Å². The van der Waals surface area contributed by atoms with E-state index in [0.717, 1.165) is 0 Å². The van der Waals surface area contributed by atoms with Crippen LogP contribution in [0.5, 0.6) is 0 Å². The zero-order chi connectivity index (χ0) is 29.9. The molecule has 6 unspecified atom stereocenters. The van der Waals surface area contributed by atoms with Gasteiger partial charge in [0.2, 0.25) is 0 Å². The van der Waals surface area contributed by atoms with Crippen molar-refractivity contribution in [2.75, 3.05) is 42.7 Å². The molecule has 14 heteroatoms. The minimum Gasteiger partial charge on any atom is -0.831 e. The second kappa shape index (κ2) is 54.8. The van der Waals surface area contributed by atoms with Crippen LogP contribution in [-0.2, 0) is 50.1 Å². The summed E-state index contributed by atoms with van der Waals surface area (Å²) < 4.78 is 26.5. The maximum atomic E-state index is 10.0. The van der Waals surface area contributed by atoms with Crippen molar-refractivity contribution in [3.8, 4) is 0 Å². The summed E-state index contributed by atoms with van der Waals surface area (Å²) in [4.78, 5) is 0. The van der Waals surface area contributed by atoms with Gasteiger partial charge in [0.1, 0.15) is 0 Å². The molecule has 0 aromatic carbocycles. The van der Waals surface area contributed by atoms with E-state index in [0.29, 0.717) is 38.5 Å². The predicted octanol–water partition coefficient (Wildman–Crippen LogP) is 0.520. The summed E-state index contributed by atoms with van der Waals surface area (Å²) >= 11 is 0. The van der Waals surface area contributed by atoms with E-state index in [9.17, 15) is 10.2 Å². The van der Waals surface area contributed by atoms with Gasteiger partial charge in [0.25, 0.3) is 0 Å². The van der Waals surface area contributed by atoms with Crippen molar-refractivity contribution < 1.29 is 80.8 Å². The first-order valence-corrected chi connectivity index (χ1v) is 12.1. The van der Waals surface area contributed by atoms with E-state index < -0.39 is 37.7 Å². The van der Waals surface area contributed by atoms with E-state index in [1.54, 1.807) is 13.8 Å². The van der Waals surface area contributed by atoms with Gasteiger partial charge < -0.3 is 59.1 Å². The van der Waals surface area contributed by atoms with Crippen molar-refractivity contribution in [1.29, 1.82) is 0 Å². The van der Waals surface area contributed by atoms with E-state index in [1.165, 1.54) is 42.7 Å². The number of hydrogen-bond acceptors (Lipinski definition) is 12. The number of aliphatic hydroxyl groups excluding tert-OH is 4. The Kier molecular flexibility index (Phi) is 85.5. The van der Waals surface area contributed by atoms with Gasteiger partial charge in [0, 0.05) is 64.4 Å². The zero-order valence-electron chi connectivity index (χ0n) is 26.0. The van der Waals surface area contributed by atoms with Crippen LogP contribution < -0.4 is 10.2 Å². The first kappa shape index (κ1) is 59.3. The molecule has 6 atom stereocenters. The number of aliphatic hydroxyl groups is 4. The van der Waals surface area contributed by atoms with Gasteiger partial charge in [-0.2, -0.15) is 0 Å². The summed E-state index contributed by atoms with van der Waals surface area (Å²) in [6, 6.07) is 0. The molecule has 0 saturated heterocycles. The summed E-state index contributed by atoms with van der Waals surface area (Å²) in [7, 11) is 8.76. The Balaban J connectivity index is -0.0000000469. The van der Waals surface area contributed by atoms with Crippen molar-refractivity contribution in [2.45, 2.75) is 118 Å². The van der Waals surface area contributed by atoms with Crippen LogP contribution in [0.4, 0.5) is 0 Å². The van der Waals surface area contributed by atoms with Gasteiger partial charge in [-0.15, -0.1) is 0 Å². The average molecular weight is 724 g/mol. The molecule has 0 fully saturated rings. The van der Waals surface area contributed by atoms with Gasteiger partial charge in [-0.05, 0) is 51.1 Å². The Morgan fingerprint density at radius 2 is 0.579 bits per heavy atom. The molecular formula is C24H58BaO12Ti. The molecule has 38 heavy (non-hydrogen) atoms. The zero-order valence-corrected chi connectivity index (χ0v) is 32.0. The molecule has 0 aromatic rings. The maximum Gasteiger partial charge on any atom is 2.00 e. The largest absolute Gasteiger partial charge is 2.00 e. The van der Waals surface area contributed by atoms with Crippen molar-refractivity contribution in [2.24, 2.45) is 0 Å². The van der Waals surface area contributed by atoms with Gasteiger partial charge in [-0.3, -0.25) is 0 Å². The number of rotatable bonds is 12. The van der Waals surface area contributed by atoms with E-state index in [1.807, 2.05) is 27.7 Å². The third-order valence-corrected chi connectivity index (χ3v) is 3.68. The van der Waals surface area contributed by atoms with Crippen LogP contribution in [0.3, 0.4) is 0 Å². The standard InChI is InChI=1S/4C4H10O2.2C4H9O2.Ba.Ti/c6*1-3-4(5)6-2;;/h4*4-5H,3H2,1-2H3;2*4H,3H2,1-2H3;;/q;;;;2*-1;+2;. The number of ether oxygens (including phenoxy) is 6. The van der Waals surface area contributed by atoms with Gasteiger partial charge in [0.15, 0.2) is 25.2 Å². The maximum absolute atomic E-state index is 10.0. The Bertz CT molecular complexity index is 239. The molecule has 0 saturated carbocycles. The molecule has 0 spiro atoms. The summed E-state index contributed by atoms with van der Waals surface area (Å²) in [6.07, 6.45) is -0.132. The van der Waals surface area contributed by atoms with Gasteiger partial charge in [-0.1, -0.05) is 41.5 Å². The van der Waals surface area contributed by atoms with E-state index >= 15 is 0 Å². The van der Waals surface area contributed by atoms with Crippen LogP contribution >= 0.6 is 0 Å². The summed E-state index contributed by atoms with van der Waals surface area (Å²) in [5.74, 6) is 0. The molecule has 0 rings (SSSR count). The quantitative estimate of drug-likeness (QED) is 0.162. The summed E-state index contributed by atoms with van der Waals surface area (Å²) in [6.45, 7) is 11.0. The predicted molar refractivity (Wildman–Crippen MR) is 141 cm³/mol. The minimum absolute atomic E-state index is 0. The fraction of sp³-hybridized carbons (Fsp3) is 1.00. The minimum atomic E-state index is -0.815. The van der Waals surface area contributed by atoms with Gasteiger partial charge in [-0.25, -0.2) is 0 Å². The molecule has 4 N–H and O–H groups in total. The Morgan fingerprint density at radius 3 is 0.579 bits per heavy atom. The van der Waals surface area contributed by atoms with Crippen LogP contribution in [0.15, 0.2) is 0 Å². The van der Waals surface area contributed by atoms with Crippen molar-refractivity contribution in [3.05, 3.63) is 0 Å². The molecule has 12 nitrogen and oxygen atoms in total. The molecular weight excluding hydrogens is 665 g/mol. The molecule has 0 aliphatic rings. The first-order chi connectivity index (χ1) is 16.8. The van der Waals surface area contributed by atoms with Crippen molar-refractivity contribution in [1.82, 2.24) is 0 Å². The normalized spacial score (nSPS) is 13.7. The van der Waals surface area contributed by atoms with Crippen LogP contribution in [0.25, 0.3) is 0 Å². The average Bonchev–Trinajstić information content (AvgIpc) is 2.95. The topological polar surface area (TPSA) is 182 Å². The van der Waals surface area contributed by atoms with E-state index in [2.05, 4.69) is 28.4 Å². The van der Waals surface area contributed by atoms with Crippen molar-refractivity contribution in [3.63, 3.8) is 0 Å². The second-order valence-electron chi connectivity index (χ2n) is 6.54. The monoisotopic (exact) mass is 724 g/mol. The van der Waals surface area contributed by atoms with E-state index in [4.69, 9.17) is 20.4 Å². The summed E-state index contributed by atoms with van der Waals surface area (Å²) in [5.41, 5.74) is 0. The first-order valence-electron chi connectivity index (χ1n) is 12.1. The Hall–Kier alpha value is 1.81. The van der Waals surface area contributed by atoms with Crippen LogP contribution in [0.2, 0.25) is 0 Å². The fourth-order valence-corrected chi connectivity index (χ4v) is 1.00. The molecule has 0 amide bonds. The molecule has 0 aromatic heterocycles. The number of hydrogen-bond donors (Lipinski definition) is 4. The van der Waals surface area contributed by atoms with Crippen LogP contribution in [0.1, 0.15) is 80.1 Å². The Morgan fingerprint density at radius 1 is 0.421 bits per heavy atom.